The van der Waals surface area contributed by atoms with Gasteiger partial charge >= 0.3 is 0 Å². The Kier molecular flexibility index (Phi) is 3.77. The molecule has 17 heavy (non-hydrogen) atoms. The first kappa shape index (κ1) is 12.5. The Labute approximate surface area is 101 Å². The van der Waals surface area contributed by atoms with E-state index >= 15 is 0 Å². The molecule has 0 amide bonds. The molecule has 2 atom stereocenters. The highest BCUT2D eigenvalue weighted by atomic mass is 19.2. The van der Waals surface area contributed by atoms with Crippen LogP contribution in [-0.2, 0) is 6.42 Å². The van der Waals surface area contributed by atoms with Crippen LogP contribution >= 0.6 is 0 Å². The molecule has 1 nitrogen and oxygen atoms in total. The summed E-state index contributed by atoms with van der Waals surface area (Å²) in [6.45, 7) is 5.71. The van der Waals surface area contributed by atoms with E-state index in [0.717, 1.165) is 19.5 Å². The van der Waals surface area contributed by atoms with Gasteiger partial charge in [-0.1, -0.05) is 19.1 Å². The Hall–Kier alpha value is -0.960. The molecule has 0 bridgehead atoms. The molecule has 1 heterocycles. The van der Waals surface area contributed by atoms with E-state index in [0.29, 0.717) is 29.4 Å². The van der Waals surface area contributed by atoms with Crippen molar-refractivity contribution in [3.63, 3.8) is 0 Å². The first-order chi connectivity index (χ1) is 8.09. The maximum atomic E-state index is 13.7. The number of aryl methyl sites for hydroxylation is 1. The van der Waals surface area contributed by atoms with Crippen LogP contribution in [-0.4, -0.2) is 13.1 Å². The number of piperidine rings is 1. The molecule has 0 spiro atoms. The number of nitrogens with one attached hydrogen (secondary N) is 1. The second-order valence-electron chi connectivity index (χ2n) is 5.10. The van der Waals surface area contributed by atoms with Crippen molar-refractivity contribution in [2.24, 2.45) is 11.8 Å². The fourth-order valence-electron chi connectivity index (χ4n) is 2.45. The van der Waals surface area contributed by atoms with E-state index in [4.69, 9.17) is 0 Å². The van der Waals surface area contributed by atoms with Crippen LogP contribution in [0.3, 0.4) is 0 Å². The largest absolute Gasteiger partial charge is 0.316 e. The molecule has 1 saturated heterocycles. The standard InChI is InChI=1S/C14H19F2N/c1-9-5-6-17-8-12(9)7-11-4-3-10(2)13(15)14(11)16/h3-4,9,12,17H,5-8H2,1-2H3. The summed E-state index contributed by atoms with van der Waals surface area (Å²) in [5.74, 6) is -0.387. The molecule has 0 aliphatic carbocycles. The topological polar surface area (TPSA) is 12.0 Å². The van der Waals surface area contributed by atoms with Crippen molar-refractivity contribution in [2.45, 2.75) is 26.7 Å². The SMILES string of the molecule is Cc1ccc(CC2CNCCC2C)c(F)c1F. The van der Waals surface area contributed by atoms with Crippen molar-refractivity contribution < 1.29 is 8.78 Å². The van der Waals surface area contributed by atoms with Gasteiger partial charge in [0.1, 0.15) is 0 Å². The summed E-state index contributed by atoms with van der Waals surface area (Å²) in [4.78, 5) is 0. The zero-order valence-electron chi connectivity index (χ0n) is 10.4. The zero-order valence-corrected chi connectivity index (χ0v) is 10.4. The van der Waals surface area contributed by atoms with Gasteiger partial charge in [-0.25, -0.2) is 8.78 Å². The van der Waals surface area contributed by atoms with Crippen molar-refractivity contribution in [1.29, 1.82) is 0 Å². The van der Waals surface area contributed by atoms with Gasteiger partial charge in [0, 0.05) is 0 Å². The fourth-order valence-corrected chi connectivity index (χ4v) is 2.45. The Morgan fingerprint density at radius 2 is 2.06 bits per heavy atom. The molecule has 1 N–H and O–H groups in total. The van der Waals surface area contributed by atoms with E-state index < -0.39 is 11.6 Å². The Bertz CT molecular complexity index is 403. The molecular formula is C14H19F2N. The van der Waals surface area contributed by atoms with Gasteiger partial charge in [0.05, 0.1) is 0 Å². The van der Waals surface area contributed by atoms with Crippen molar-refractivity contribution >= 4 is 0 Å². The van der Waals surface area contributed by atoms with Gasteiger partial charge in [-0.15, -0.1) is 0 Å². The molecule has 1 aromatic carbocycles. The molecule has 0 saturated carbocycles. The molecule has 0 aromatic heterocycles. The average molecular weight is 239 g/mol. The minimum absolute atomic E-state index is 0.376. The van der Waals surface area contributed by atoms with Crippen molar-refractivity contribution in [3.05, 3.63) is 34.9 Å². The third-order valence-corrected chi connectivity index (χ3v) is 3.83. The van der Waals surface area contributed by atoms with Crippen LogP contribution in [0.1, 0.15) is 24.5 Å². The molecule has 3 heteroatoms. The van der Waals surface area contributed by atoms with Crippen LogP contribution in [0.2, 0.25) is 0 Å². The van der Waals surface area contributed by atoms with Gasteiger partial charge in [0.2, 0.25) is 0 Å². The summed E-state index contributed by atoms with van der Waals surface area (Å²) in [5, 5.41) is 3.31. The molecule has 1 aliphatic rings. The van der Waals surface area contributed by atoms with Gasteiger partial charge in [-0.3, -0.25) is 0 Å². The maximum Gasteiger partial charge on any atom is 0.162 e. The average Bonchev–Trinajstić information content (AvgIpc) is 2.32. The number of halogens is 2. The number of benzene rings is 1. The van der Waals surface area contributed by atoms with Crippen LogP contribution < -0.4 is 5.32 Å². The molecule has 1 aliphatic heterocycles. The third kappa shape index (κ3) is 2.65. The second-order valence-corrected chi connectivity index (χ2v) is 5.10. The van der Waals surface area contributed by atoms with Crippen LogP contribution in [0, 0.1) is 30.4 Å². The van der Waals surface area contributed by atoms with Gasteiger partial charge in [0.15, 0.2) is 11.6 Å². The van der Waals surface area contributed by atoms with E-state index in [-0.39, 0.29) is 0 Å². The van der Waals surface area contributed by atoms with Crippen molar-refractivity contribution in [2.75, 3.05) is 13.1 Å². The molecule has 1 aromatic rings. The van der Waals surface area contributed by atoms with E-state index in [1.807, 2.05) is 0 Å². The predicted octanol–water partition coefficient (Wildman–Crippen LogP) is 3.06. The molecule has 1 fully saturated rings. The van der Waals surface area contributed by atoms with Gasteiger partial charge in [0.25, 0.3) is 0 Å². The zero-order chi connectivity index (χ0) is 12.4. The lowest BCUT2D eigenvalue weighted by molar-refractivity contribution is 0.270. The number of hydrogen-bond acceptors (Lipinski definition) is 1. The number of hydrogen-bond donors (Lipinski definition) is 1. The molecule has 0 radical (unpaired) electrons. The second kappa shape index (κ2) is 5.13. The summed E-state index contributed by atoms with van der Waals surface area (Å²) in [7, 11) is 0. The quantitative estimate of drug-likeness (QED) is 0.836. The summed E-state index contributed by atoms with van der Waals surface area (Å²) in [5.41, 5.74) is 0.884. The minimum Gasteiger partial charge on any atom is -0.316 e. The lowest BCUT2D eigenvalue weighted by Crippen LogP contribution is -2.36. The summed E-state index contributed by atoms with van der Waals surface area (Å²) in [6, 6.07) is 3.38. The third-order valence-electron chi connectivity index (χ3n) is 3.83. The minimum atomic E-state index is -0.695. The van der Waals surface area contributed by atoms with Gasteiger partial charge < -0.3 is 5.32 Å². The normalized spacial score (nSPS) is 24.9. The highest BCUT2D eigenvalue weighted by Crippen LogP contribution is 2.25. The Morgan fingerprint density at radius 3 is 2.76 bits per heavy atom. The van der Waals surface area contributed by atoms with E-state index in [1.165, 1.54) is 0 Å². The van der Waals surface area contributed by atoms with Crippen LogP contribution in [0.15, 0.2) is 12.1 Å². The Morgan fingerprint density at radius 1 is 1.29 bits per heavy atom. The van der Waals surface area contributed by atoms with Crippen LogP contribution in [0.5, 0.6) is 0 Å². The highest BCUT2D eigenvalue weighted by molar-refractivity contribution is 5.26. The summed E-state index contributed by atoms with van der Waals surface area (Å²) >= 11 is 0. The highest BCUT2D eigenvalue weighted by Gasteiger charge is 2.23. The van der Waals surface area contributed by atoms with E-state index in [1.54, 1.807) is 19.1 Å². The molecular weight excluding hydrogens is 220 g/mol. The van der Waals surface area contributed by atoms with E-state index in [2.05, 4.69) is 12.2 Å². The van der Waals surface area contributed by atoms with Crippen LogP contribution in [0.4, 0.5) is 8.78 Å². The summed E-state index contributed by atoms with van der Waals surface area (Å²) in [6.07, 6.45) is 1.73. The summed E-state index contributed by atoms with van der Waals surface area (Å²) < 4.78 is 27.2. The van der Waals surface area contributed by atoms with Crippen molar-refractivity contribution in [3.8, 4) is 0 Å². The van der Waals surface area contributed by atoms with Gasteiger partial charge in [-0.2, -0.15) is 0 Å². The van der Waals surface area contributed by atoms with Gasteiger partial charge in [-0.05, 0) is 55.8 Å². The fraction of sp³-hybridized carbons (Fsp3) is 0.571. The predicted molar refractivity (Wildman–Crippen MR) is 64.9 cm³/mol. The first-order valence-electron chi connectivity index (χ1n) is 6.23. The monoisotopic (exact) mass is 239 g/mol. The molecule has 2 unspecified atom stereocenters. The van der Waals surface area contributed by atoms with E-state index in [9.17, 15) is 8.78 Å². The van der Waals surface area contributed by atoms with Crippen LogP contribution in [0.25, 0.3) is 0 Å². The first-order valence-corrected chi connectivity index (χ1v) is 6.23. The Balaban J connectivity index is 2.15. The molecule has 2 rings (SSSR count). The lowest BCUT2D eigenvalue weighted by atomic mass is 9.83. The maximum absolute atomic E-state index is 13.7. The number of rotatable bonds is 2. The smallest absolute Gasteiger partial charge is 0.162 e. The molecule has 94 valence electrons. The lowest BCUT2D eigenvalue weighted by Gasteiger charge is -2.29. The van der Waals surface area contributed by atoms with Crippen molar-refractivity contribution in [1.82, 2.24) is 5.32 Å².